The van der Waals surface area contributed by atoms with Crippen LogP contribution in [-0.2, 0) is 6.42 Å². The van der Waals surface area contributed by atoms with Crippen LogP contribution in [0, 0.1) is 5.82 Å². The van der Waals surface area contributed by atoms with E-state index in [9.17, 15) is 4.39 Å². The third kappa shape index (κ3) is 2.91. The number of ether oxygens (including phenoxy) is 1. The maximum absolute atomic E-state index is 13.9. The van der Waals surface area contributed by atoms with Gasteiger partial charge in [-0.2, -0.15) is 0 Å². The molecule has 0 saturated carbocycles. The summed E-state index contributed by atoms with van der Waals surface area (Å²) in [4.78, 5) is 1.95. The van der Waals surface area contributed by atoms with Gasteiger partial charge in [-0.15, -0.1) is 0 Å². The van der Waals surface area contributed by atoms with E-state index in [2.05, 4.69) is 0 Å². The fourth-order valence-corrected chi connectivity index (χ4v) is 2.20. The smallest absolute Gasteiger partial charge is 0.128 e. The third-order valence-corrected chi connectivity index (χ3v) is 3.31. The minimum Gasteiger partial charge on any atom is -0.497 e. The first-order valence-electron chi connectivity index (χ1n) is 6.52. The Morgan fingerprint density at radius 2 is 1.85 bits per heavy atom. The van der Waals surface area contributed by atoms with Gasteiger partial charge in [-0.1, -0.05) is 6.07 Å². The van der Waals surface area contributed by atoms with Gasteiger partial charge in [-0.05, 0) is 49.4 Å². The second-order valence-electron chi connectivity index (χ2n) is 4.53. The van der Waals surface area contributed by atoms with Crippen LogP contribution in [0.3, 0.4) is 0 Å². The highest BCUT2D eigenvalue weighted by molar-refractivity contribution is 5.66. The van der Waals surface area contributed by atoms with Crippen molar-refractivity contribution in [3.63, 3.8) is 0 Å². The highest BCUT2D eigenvalue weighted by Gasteiger charge is 2.12. The van der Waals surface area contributed by atoms with Crippen LogP contribution in [-0.4, -0.2) is 20.7 Å². The van der Waals surface area contributed by atoms with Gasteiger partial charge in [0.1, 0.15) is 11.6 Å². The fraction of sp³-hybridized carbons (Fsp3) is 0.250. The van der Waals surface area contributed by atoms with Crippen LogP contribution >= 0.6 is 0 Å². The van der Waals surface area contributed by atoms with Crippen LogP contribution in [0.5, 0.6) is 5.75 Å². The van der Waals surface area contributed by atoms with Crippen LogP contribution in [0.1, 0.15) is 5.56 Å². The number of hydrogen-bond donors (Lipinski definition) is 1. The molecule has 0 bridgehead atoms. The standard InChI is InChI=1S/C16H19FN2O/c1-19(12-6-8-13(20-2)9-7-12)16-5-3-4-15(17)14(16)10-11-18/h3-9H,10-11,18H2,1-2H3. The van der Waals surface area contributed by atoms with Crippen molar-refractivity contribution < 1.29 is 9.13 Å². The number of anilines is 2. The lowest BCUT2D eigenvalue weighted by Gasteiger charge is -2.23. The molecule has 0 amide bonds. The van der Waals surface area contributed by atoms with E-state index in [0.29, 0.717) is 18.5 Å². The first-order valence-corrected chi connectivity index (χ1v) is 6.52. The van der Waals surface area contributed by atoms with Crippen molar-refractivity contribution in [3.8, 4) is 5.75 Å². The van der Waals surface area contributed by atoms with Gasteiger partial charge in [0.05, 0.1) is 7.11 Å². The molecule has 3 nitrogen and oxygen atoms in total. The van der Waals surface area contributed by atoms with Gasteiger partial charge in [-0.3, -0.25) is 0 Å². The normalized spacial score (nSPS) is 10.4. The van der Waals surface area contributed by atoms with Gasteiger partial charge in [0, 0.05) is 24.0 Å². The van der Waals surface area contributed by atoms with Gasteiger partial charge in [-0.25, -0.2) is 4.39 Å². The van der Waals surface area contributed by atoms with Crippen molar-refractivity contribution in [2.75, 3.05) is 25.6 Å². The summed E-state index contributed by atoms with van der Waals surface area (Å²) in [6.07, 6.45) is 0.516. The molecule has 0 saturated heterocycles. The minimum atomic E-state index is -0.215. The third-order valence-electron chi connectivity index (χ3n) is 3.31. The van der Waals surface area contributed by atoms with Gasteiger partial charge < -0.3 is 15.4 Å². The Morgan fingerprint density at radius 1 is 1.15 bits per heavy atom. The number of nitrogens with two attached hydrogens (primary N) is 1. The highest BCUT2D eigenvalue weighted by atomic mass is 19.1. The van der Waals surface area contributed by atoms with E-state index < -0.39 is 0 Å². The first kappa shape index (κ1) is 14.3. The zero-order chi connectivity index (χ0) is 14.5. The molecule has 4 heteroatoms. The summed E-state index contributed by atoms with van der Waals surface area (Å²) < 4.78 is 19.1. The number of benzene rings is 2. The molecule has 0 aliphatic carbocycles. The van der Waals surface area contributed by atoms with Crippen LogP contribution in [0.25, 0.3) is 0 Å². The van der Waals surface area contributed by atoms with Gasteiger partial charge in [0.15, 0.2) is 0 Å². The van der Waals surface area contributed by atoms with Crippen molar-refractivity contribution in [2.45, 2.75) is 6.42 Å². The molecule has 0 unspecified atom stereocenters. The summed E-state index contributed by atoms with van der Waals surface area (Å²) in [5, 5.41) is 0. The minimum absolute atomic E-state index is 0.215. The Balaban J connectivity index is 2.36. The lowest BCUT2D eigenvalue weighted by Crippen LogP contribution is -2.15. The van der Waals surface area contributed by atoms with Crippen LogP contribution in [0.2, 0.25) is 0 Å². The van der Waals surface area contributed by atoms with Crippen molar-refractivity contribution >= 4 is 11.4 Å². The SMILES string of the molecule is COc1ccc(N(C)c2cccc(F)c2CCN)cc1. The quantitative estimate of drug-likeness (QED) is 0.910. The first-order chi connectivity index (χ1) is 9.67. The summed E-state index contributed by atoms with van der Waals surface area (Å²) >= 11 is 0. The van der Waals surface area contributed by atoms with Gasteiger partial charge >= 0.3 is 0 Å². The Morgan fingerprint density at radius 3 is 2.45 bits per heavy atom. The Hall–Kier alpha value is -2.07. The molecule has 106 valence electrons. The summed E-state index contributed by atoms with van der Waals surface area (Å²) in [5.74, 6) is 0.580. The number of rotatable bonds is 5. The molecule has 2 aromatic carbocycles. The Labute approximate surface area is 118 Å². The molecule has 0 radical (unpaired) electrons. The molecule has 0 aromatic heterocycles. The summed E-state index contributed by atoms with van der Waals surface area (Å²) in [7, 11) is 3.54. The van der Waals surface area contributed by atoms with E-state index in [4.69, 9.17) is 10.5 Å². The van der Waals surface area contributed by atoms with Gasteiger partial charge in [0.25, 0.3) is 0 Å². The number of hydrogen-bond acceptors (Lipinski definition) is 3. The molecule has 0 aliphatic rings. The van der Waals surface area contributed by atoms with E-state index in [-0.39, 0.29) is 5.82 Å². The van der Waals surface area contributed by atoms with E-state index in [1.165, 1.54) is 6.07 Å². The Bertz CT molecular complexity index is 569. The van der Waals surface area contributed by atoms with Crippen molar-refractivity contribution in [1.29, 1.82) is 0 Å². The van der Waals surface area contributed by atoms with Crippen molar-refractivity contribution in [1.82, 2.24) is 0 Å². The molecule has 0 fully saturated rings. The van der Waals surface area contributed by atoms with Crippen LogP contribution < -0.4 is 15.4 Å². The zero-order valence-corrected chi connectivity index (χ0v) is 11.8. The molecule has 0 heterocycles. The lowest BCUT2D eigenvalue weighted by molar-refractivity contribution is 0.415. The molecule has 0 aliphatic heterocycles. The number of halogens is 1. The van der Waals surface area contributed by atoms with E-state index in [1.807, 2.05) is 42.3 Å². The van der Waals surface area contributed by atoms with E-state index in [1.54, 1.807) is 13.2 Å². The second-order valence-corrected chi connectivity index (χ2v) is 4.53. The van der Waals surface area contributed by atoms with Gasteiger partial charge in [0.2, 0.25) is 0 Å². The maximum atomic E-state index is 13.9. The molecular formula is C16H19FN2O. The molecule has 2 aromatic rings. The number of nitrogens with zero attached hydrogens (tertiary/aromatic N) is 1. The summed E-state index contributed by atoms with van der Waals surface area (Å²) in [6, 6.07) is 12.7. The average Bonchev–Trinajstić information content (AvgIpc) is 2.49. The second kappa shape index (κ2) is 6.39. The van der Waals surface area contributed by atoms with E-state index >= 15 is 0 Å². The molecule has 20 heavy (non-hydrogen) atoms. The summed E-state index contributed by atoms with van der Waals surface area (Å²) in [5.41, 5.74) is 8.02. The number of methoxy groups -OCH3 is 1. The van der Waals surface area contributed by atoms with Crippen molar-refractivity contribution in [3.05, 3.63) is 53.8 Å². The highest BCUT2D eigenvalue weighted by Crippen LogP contribution is 2.29. The zero-order valence-electron chi connectivity index (χ0n) is 11.8. The van der Waals surface area contributed by atoms with Crippen molar-refractivity contribution in [2.24, 2.45) is 5.73 Å². The Kier molecular flexibility index (Phi) is 4.58. The molecule has 2 rings (SSSR count). The predicted octanol–water partition coefficient (Wildman–Crippen LogP) is 3.10. The molecule has 0 atom stereocenters. The molecule has 0 spiro atoms. The van der Waals surface area contributed by atoms with E-state index in [0.717, 1.165) is 17.1 Å². The average molecular weight is 274 g/mol. The van der Waals surface area contributed by atoms with Crippen LogP contribution in [0.15, 0.2) is 42.5 Å². The molecule has 2 N–H and O–H groups in total. The topological polar surface area (TPSA) is 38.5 Å². The maximum Gasteiger partial charge on any atom is 0.128 e. The van der Waals surface area contributed by atoms with Crippen LogP contribution in [0.4, 0.5) is 15.8 Å². The molecular weight excluding hydrogens is 255 g/mol. The monoisotopic (exact) mass is 274 g/mol. The summed E-state index contributed by atoms with van der Waals surface area (Å²) in [6.45, 7) is 0.421. The lowest BCUT2D eigenvalue weighted by atomic mass is 10.1. The largest absolute Gasteiger partial charge is 0.497 e. The fourth-order valence-electron chi connectivity index (χ4n) is 2.20. The predicted molar refractivity (Wildman–Crippen MR) is 80.2 cm³/mol.